The van der Waals surface area contributed by atoms with Crippen LogP contribution in [-0.4, -0.2) is 16.6 Å². The Morgan fingerprint density at radius 2 is 2.00 bits per heavy atom. The molecule has 14 heavy (non-hydrogen) atoms. The molecule has 3 nitrogen and oxygen atoms in total. The van der Waals surface area contributed by atoms with Crippen LogP contribution in [0.2, 0.25) is 0 Å². The molecule has 2 aromatic rings. The van der Waals surface area contributed by atoms with Gasteiger partial charge >= 0.3 is 6.61 Å². The van der Waals surface area contributed by atoms with Crippen molar-refractivity contribution in [3.05, 3.63) is 30.6 Å². The Hall–Kier alpha value is -1.78. The first-order valence-corrected chi connectivity index (χ1v) is 3.92. The van der Waals surface area contributed by atoms with E-state index >= 15 is 0 Å². The van der Waals surface area contributed by atoms with Crippen LogP contribution < -0.4 is 4.74 Å². The maximum Gasteiger partial charge on any atom is 0.387 e. The number of nitrogens with zero attached hydrogens (tertiary/aromatic N) is 2. The summed E-state index contributed by atoms with van der Waals surface area (Å²) in [6.45, 7) is -2.84. The second-order valence-corrected chi connectivity index (χ2v) is 2.56. The standard InChI is InChI=1S/C9H6F2N2O/c10-9(11)14-7-3-5-12-6-2-1-4-13-8(6)7/h1-5,9H. The monoisotopic (exact) mass is 196 g/mol. The van der Waals surface area contributed by atoms with Crippen molar-refractivity contribution in [2.24, 2.45) is 0 Å². The maximum atomic E-state index is 12.0. The molecule has 0 atom stereocenters. The fourth-order valence-electron chi connectivity index (χ4n) is 1.15. The van der Waals surface area contributed by atoms with E-state index in [0.717, 1.165) is 0 Å². The third-order valence-electron chi connectivity index (χ3n) is 1.68. The number of rotatable bonds is 2. The summed E-state index contributed by atoms with van der Waals surface area (Å²) in [6.07, 6.45) is 2.91. The molecule has 0 spiro atoms. The van der Waals surface area contributed by atoms with Gasteiger partial charge in [-0.2, -0.15) is 8.78 Å². The zero-order valence-corrected chi connectivity index (χ0v) is 7.02. The lowest BCUT2D eigenvalue weighted by Crippen LogP contribution is -2.03. The molecular weight excluding hydrogens is 190 g/mol. The van der Waals surface area contributed by atoms with Crippen LogP contribution in [-0.2, 0) is 0 Å². The molecule has 0 N–H and O–H groups in total. The van der Waals surface area contributed by atoms with E-state index < -0.39 is 6.61 Å². The van der Waals surface area contributed by atoms with Gasteiger partial charge in [-0.25, -0.2) is 0 Å². The molecule has 0 fully saturated rings. The average molecular weight is 196 g/mol. The molecule has 72 valence electrons. The third-order valence-corrected chi connectivity index (χ3v) is 1.68. The highest BCUT2D eigenvalue weighted by Gasteiger charge is 2.08. The molecule has 0 saturated heterocycles. The van der Waals surface area contributed by atoms with Gasteiger partial charge in [-0.05, 0) is 12.1 Å². The Morgan fingerprint density at radius 1 is 1.14 bits per heavy atom. The molecular formula is C9H6F2N2O. The van der Waals surface area contributed by atoms with Gasteiger partial charge in [0.25, 0.3) is 0 Å². The van der Waals surface area contributed by atoms with Crippen molar-refractivity contribution in [1.29, 1.82) is 0 Å². The zero-order chi connectivity index (χ0) is 9.97. The number of fused-ring (bicyclic) bond motifs is 1. The van der Waals surface area contributed by atoms with Gasteiger partial charge in [0.1, 0.15) is 5.52 Å². The van der Waals surface area contributed by atoms with Gasteiger partial charge < -0.3 is 4.74 Å². The fourth-order valence-corrected chi connectivity index (χ4v) is 1.15. The van der Waals surface area contributed by atoms with E-state index in [-0.39, 0.29) is 5.75 Å². The molecule has 5 heteroatoms. The summed E-state index contributed by atoms with van der Waals surface area (Å²) in [7, 11) is 0. The highest BCUT2D eigenvalue weighted by molar-refractivity contribution is 5.80. The highest BCUT2D eigenvalue weighted by Crippen LogP contribution is 2.22. The van der Waals surface area contributed by atoms with Gasteiger partial charge in [-0.15, -0.1) is 0 Å². The number of ether oxygens (including phenoxy) is 1. The Bertz CT molecular complexity index is 442. The highest BCUT2D eigenvalue weighted by atomic mass is 19.3. The summed E-state index contributed by atoms with van der Waals surface area (Å²) in [6, 6.07) is 4.73. The number of hydrogen-bond donors (Lipinski definition) is 0. The van der Waals surface area contributed by atoms with Crippen LogP contribution in [0.3, 0.4) is 0 Å². The molecule has 0 saturated carbocycles. The van der Waals surface area contributed by atoms with Gasteiger partial charge in [0.15, 0.2) is 5.75 Å². The van der Waals surface area contributed by atoms with Crippen LogP contribution in [0.25, 0.3) is 11.0 Å². The van der Waals surface area contributed by atoms with Crippen LogP contribution in [0.15, 0.2) is 30.6 Å². The van der Waals surface area contributed by atoms with Crippen LogP contribution in [0.4, 0.5) is 8.78 Å². The summed E-state index contributed by atoms with van der Waals surface area (Å²) in [5.41, 5.74) is 0.876. The predicted octanol–water partition coefficient (Wildman–Crippen LogP) is 2.23. The van der Waals surface area contributed by atoms with Gasteiger partial charge in [-0.1, -0.05) is 0 Å². The van der Waals surface area contributed by atoms with Gasteiger partial charge in [0.05, 0.1) is 5.52 Å². The lowest BCUT2D eigenvalue weighted by molar-refractivity contribution is -0.0489. The van der Waals surface area contributed by atoms with Crippen molar-refractivity contribution in [3.8, 4) is 5.75 Å². The zero-order valence-electron chi connectivity index (χ0n) is 7.02. The molecule has 0 aliphatic carbocycles. The van der Waals surface area contributed by atoms with E-state index in [2.05, 4.69) is 14.7 Å². The minimum Gasteiger partial charge on any atom is -0.432 e. The van der Waals surface area contributed by atoms with E-state index in [1.165, 1.54) is 18.5 Å². The van der Waals surface area contributed by atoms with E-state index in [1.54, 1.807) is 12.1 Å². The smallest absolute Gasteiger partial charge is 0.387 e. The fraction of sp³-hybridized carbons (Fsp3) is 0.111. The van der Waals surface area contributed by atoms with Crippen molar-refractivity contribution < 1.29 is 13.5 Å². The summed E-state index contributed by atoms with van der Waals surface area (Å²) in [5.74, 6) is 0.0469. The van der Waals surface area contributed by atoms with Crippen LogP contribution in [0.1, 0.15) is 0 Å². The van der Waals surface area contributed by atoms with Crippen molar-refractivity contribution in [2.75, 3.05) is 0 Å². The molecule has 0 aliphatic heterocycles. The largest absolute Gasteiger partial charge is 0.432 e. The number of pyridine rings is 2. The van der Waals surface area contributed by atoms with E-state index in [0.29, 0.717) is 11.0 Å². The first kappa shape index (κ1) is 8.80. The van der Waals surface area contributed by atoms with Crippen molar-refractivity contribution in [2.45, 2.75) is 6.61 Å². The van der Waals surface area contributed by atoms with Crippen molar-refractivity contribution in [3.63, 3.8) is 0 Å². The van der Waals surface area contributed by atoms with E-state index in [9.17, 15) is 8.78 Å². The quantitative estimate of drug-likeness (QED) is 0.738. The number of hydrogen-bond acceptors (Lipinski definition) is 3. The Kier molecular flexibility index (Phi) is 2.22. The molecule has 0 radical (unpaired) electrons. The Labute approximate surface area is 78.4 Å². The molecule has 0 amide bonds. The molecule has 0 aliphatic rings. The first-order valence-electron chi connectivity index (χ1n) is 3.92. The second kappa shape index (κ2) is 3.53. The van der Waals surface area contributed by atoms with Gasteiger partial charge in [-0.3, -0.25) is 9.97 Å². The Balaban J connectivity index is 2.53. The molecule has 2 aromatic heterocycles. The minimum atomic E-state index is -2.84. The molecule has 2 rings (SSSR count). The normalized spacial score (nSPS) is 10.8. The minimum absolute atomic E-state index is 0.0469. The molecule has 0 unspecified atom stereocenters. The maximum absolute atomic E-state index is 12.0. The molecule has 0 bridgehead atoms. The predicted molar refractivity (Wildman–Crippen MR) is 46.2 cm³/mol. The van der Waals surface area contributed by atoms with Gasteiger partial charge in [0.2, 0.25) is 0 Å². The van der Waals surface area contributed by atoms with Crippen molar-refractivity contribution in [1.82, 2.24) is 9.97 Å². The third kappa shape index (κ3) is 1.61. The number of alkyl halides is 2. The second-order valence-electron chi connectivity index (χ2n) is 2.56. The average Bonchev–Trinajstić information content (AvgIpc) is 2.18. The first-order chi connectivity index (χ1) is 6.77. The van der Waals surface area contributed by atoms with Crippen LogP contribution in [0, 0.1) is 0 Å². The molecule has 0 aromatic carbocycles. The Morgan fingerprint density at radius 3 is 2.79 bits per heavy atom. The summed E-state index contributed by atoms with van der Waals surface area (Å²) in [5, 5.41) is 0. The summed E-state index contributed by atoms with van der Waals surface area (Å²) >= 11 is 0. The summed E-state index contributed by atoms with van der Waals surface area (Å²) in [4.78, 5) is 7.88. The molecule has 2 heterocycles. The lowest BCUT2D eigenvalue weighted by atomic mass is 10.3. The topological polar surface area (TPSA) is 35.0 Å². The van der Waals surface area contributed by atoms with Gasteiger partial charge in [0, 0.05) is 18.5 Å². The van der Waals surface area contributed by atoms with E-state index in [1.807, 2.05) is 0 Å². The van der Waals surface area contributed by atoms with E-state index in [4.69, 9.17) is 0 Å². The number of halogens is 2. The number of aromatic nitrogens is 2. The van der Waals surface area contributed by atoms with Crippen LogP contribution in [0.5, 0.6) is 5.75 Å². The SMILES string of the molecule is FC(F)Oc1ccnc2cccnc12. The lowest BCUT2D eigenvalue weighted by Gasteiger charge is -2.05. The summed E-state index contributed by atoms with van der Waals surface area (Å²) < 4.78 is 28.2. The van der Waals surface area contributed by atoms with Crippen molar-refractivity contribution >= 4 is 11.0 Å². The van der Waals surface area contributed by atoms with Crippen LogP contribution >= 0.6 is 0 Å².